The minimum Gasteiger partial charge on any atom is -0.319 e. The van der Waals surface area contributed by atoms with E-state index >= 15 is 0 Å². The summed E-state index contributed by atoms with van der Waals surface area (Å²) >= 11 is 13.3. The molecule has 2 aromatic rings. The molecule has 1 aromatic carbocycles. The Labute approximate surface area is 102 Å². The van der Waals surface area contributed by atoms with E-state index in [1.807, 2.05) is 11.4 Å². The predicted molar refractivity (Wildman–Crippen MR) is 64.6 cm³/mol. The molecule has 0 aliphatic carbocycles. The summed E-state index contributed by atoms with van der Waals surface area (Å²) in [5, 5.41) is 2.97. The molecule has 5 heteroatoms. The zero-order valence-corrected chi connectivity index (χ0v) is 9.98. The molecule has 0 saturated carbocycles. The van der Waals surface area contributed by atoms with E-state index < -0.39 is 0 Å². The van der Waals surface area contributed by atoms with E-state index in [-0.39, 0.29) is 6.04 Å². The minimum absolute atomic E-state index is 0.244. The van der Waals surface area contributed by atoms with Crippen molar-refractivity contribution in [3.63, 3.8) is 0 Å². The molecule has 15 heavy (non-hydrogen) atoms. The van der Waals surface area contributed by atoms with Gasteiger partial charge in [-0.3, -0.25) is 0 Å². The normalized spacial score (nSPS) is 12.7. The van der Waals surface area contributed by atoms with Gasteiger partial charge in [-0.25, -0.2) is 4.98 Å². The zero-order chi connectivity index (χ0) is 10.8. The van der Waals surface area contributed by atoms with Gasteiger partial charge in [0.2, 0.25) is 0 Å². The largest absolute Gasteiger partial charge is 0.319 e. The number of aromatic nitrogens is 1. The van der Waals surface area contributed by atoms with E-state index in [0.717, 1.165) is 11.3 Å². The van der Waals surface area contributed by atoms with Crippen LogP contribution in [0.4, 0.5) is 0 Å². The smallest absolute Gasteiger partial charge is 0.0795 e. The SMILES string of the molecule is NC(c1ccc(Cl)c(Cl)c1)c1cscn1. The van der Waals surface area contributed by atoms with Crippen molar-refractivity contribution in [3.05, 3.63) is 50.4 Å². The second kappa shape index (κ2) is 4.49. The van der Waals surface area contributed by atoms with Gasteiger partial charge in [0.25, 0.3) is 0 Å². The predicted octanol–water partition coefficient (Wildman–Crippen LogP) is 3.50. The second-order valence-corrected chi connectivity index (χ2v) is 4.60. The van der Waals surface area contributed by atoms with Gasteiger partial charge in [-0.1, -0.05) is 29.3 Å². The van der Waals surface area contributed by atoms with Crippen LogP contribution in [0, 0.1) is 0 Å². The van der Waals surface area contributed by atoms with Gasteiger partial charge in [0.15, 0.2) is 0 Å². The van der Waals surface area contributed by atoms with Crippen LogP contribution in [-0.4, -0.2) is 4.98 Å². The zero-order valence-electron chi connectivity index (χ0n) is 7.65. The summed E-state index contributed by atoms with van der Waals surface area (Å²) in [5.41, 5.74) is 9.54. The Kier molecular flexibility index (Phi) is 3.26. The molecule has 0 fully saturated rings. The van der Waals surface area contributed by atoms with Crippen molar-refractivity contribution < 1.29 is 0 Å². The Morgan fingerprint density at radius 3 is 2.67 bits per heavy atom. The van der Waals surface area contributed by atoms with Gasteiger partial charge in [0.1, 0.15) is 0 Å². The first-order chi connectivity index (χ1) is 7.18. The number of hydrogen-bond donors (Lipinski definition) is 1. The van der Waals surface area contributed by atoms with Crippen LogP contribution in [0.1, 0.15) is 17.3 Å². The number of benzene rings is 1. The van der Waals surface area contributed by atoms with Crippen molar-refractivity contribution >= 4 is 34.5 Å². The highest BCUT2D eigenvalue weighted by Gasteiger charge is 2.11. The van der Waals surface area contributed by atoms with Gasteiger partial charge in [0, 0.05) is 5.38 Å². The number of nitrogens with two attached hydrogens (primary N) is 1. The fourth-order valence-corrected chi connectivity index (χ4v) is 2.15. The van der Waals surface area contributed by atoms with E-state index in [9.17, 15) is 0 Å². The highest BCUT2D eigenvalue weighted by atomic mass is 35.5. The molecule has 1 aromatic heterocycles. The van der Waals surface area contributed by atoms with Crippen LogP contribution in [0.5, 0.6) is 0 Å². The summed E-state index contributed by atoms with van der Waals surface area (Å²) < 4.78 is 0. The molecule has 1 atom stereocenters. The maximum Gasteiger partial charge on any atom is 0.0795 e. The fraction of sp³-hybridized carbons (Fsp3) is 0.100. The van der Waals surface area contributed by atoms with E-state index in [1.54, 1.807) is 17.6 Å². The van der Waals surface area contributed by atoms with Crippen molar-refractivity contribution in [2.24, 2.45) is 5.73 Å². The molecule has 0 aliphatic heterocycles. The molecule has 0 saturated heterocycles. The first-order valence-corrected chi connectivity index (χ1v) is 5.97. The highest BCUT2D eigenvalue weighted by Crippen LogP contribution is 2.27. The lowest BCUT2D eigenvalue weighted by Crippen LogP contribution is -2.11. The van der Waals surface area contributed by atoms with Crippen LogP contribution < -0.4 is 5.73 Å². The summed E-state index contributed by atoms with van der Waals surface area (Å²) in [6, 6.07) is 5.13. The third-order valence-electron chi connectivity index (χ3n) is 2.07. The maximum absolute atomic E-state index is 6.02. The van der Waals surface area contributed by atoms with E-state index in [4.69, 9.17) is 28.9 Å². The van der Waals surface area contributed by atoms with Crippen molar-refractivity contribution in [3.8, 4) is 0 Å². The maximum atomic E-state index is 6.02. The number of rotatable bonds is 2. The third-order valence-corrected chi connectivity index (χ3v) is 3.42. The van der Waals surface area contributed by atoms with Crippen molar-refractivity contribution in [2.75, 3.05) is 0 Å². The summed E-state index contributed by atoms with van der Waals surface area (Å²) in [6.07, 6.45) is 0. The van der Waals surface area contributed by atoms with Crippen LogP contribution in [-0.2, 0) is 0 Å². The summed E-state index contributed by atoms with van der Waals surface area (Å²) in [4.78, 5) is 4.16. The number of nitrogens with zero attached hydrogens (tertiary/aromatic N) is 1. The Bertz CT molecular complexity index is 456. The first-order valence-electron chi connectivity index (χ1n) is 4.27. The van der Waals surface area contributed by atoms with Crippen molar-refractivity contribution in [2.45, 2.75) is 6.04 Å². The monoisotopic (exact) mass is 258 g/mol. The molecule has 78 valence electrons. The van der Waals surface area contributed by atoms with Crippen LogP contribution in [0.3, 0.4) is 0 Å². The minimum atomic E-state index is -0.244. The van der Waals surface area contributed by atoms with E-state index in [2.05, 4.69) is 4.98 Å². The average molecular weight is 259 g/mol. The average Bonchev–Trinajstić information content (AvgIpc) is 2.74. The van der Waals surface area contributed by atoms with Crippen LogP contribution in [0.2, 0.25) is 10.0 Å². The lowest BCUT2D eigenvalue weighted by atomic mass is 10.1. The van der Waals surface area contributed by atoms with Crippen LogP contribution >= 0.6 is 34.5 Å². The Hall–Kier alpha value is -0.610. The molecule has 0 amide bonds. The topological polar surface area (TPSA) is 38.9 Å². The van der Waals surface area contributed by atoms with Gasteiger partial charge >= 0.3 is 0 Å². The molecule has 2 nitrogen and oxygen atoms in total. The molecular weight excluding hydrogens is 251 g/mol. The summed E-state index contributed by atoms with van der Waals surface area (Å²) in [7, 11) is 0. The van der Waals surface area contributed by atoms with E-state index in [1.165, 1.54) is 11.3 Å². The quantitative estimate of drug-likeness (QED) is 0.896. The number of hydrogen-bond acceptors (Lipinski definition) is 3. The summed E-state index contributed by atoms with van der Waals surface area (Å²) in [5.74, 6) is 0. The molecule has 2 rings (SSSR count). The number of halogens is 2. The Morgan fingerprint density at radius 1 is 1.27 bits per heavy atom. The lowest BCUT2D eigenvalue weighted by molar-refractivity contribution is 0.839. The molecule has 0 spiro atoms. The molecule has 0 radical (unpaired) electrons. The highest BCUT2D eigenvalue weighted by molar-refractivity contribution is 7.07. The van der Waals surface area contributed by atoms with Crippen molar-refractivity contribution in [1.29, 1.82) is 0 Å². The molecule has 0 aliphatic rings. The first kappa shape index (κ1) is 10.9. The van der Waals surface area contributed by atoms with Gasteiger partial charge in [-0.2, -0.15) is 0 Å². The molecule has 1 unspecified atom stereocenters. The third kappa shape index (κ3) is 2.32. The molecule has 0 bridgehead atoms. The standard InChI is InChI=1S/C10H8Cl2N2S/c11-7-2-1-6(3-8(7)12)10(13)9-4-15-5-14-9/h1-5,10H,13H2. The molecule has 2 N–H and O–H groups in total. The Morgan fingerprint density at radius 2 is 2.07 bits per heavy atom. The summed E-state index contributed by atoms with van der Waals surface area (Å²) in [6.45, 7) is 0. The Balaban J connectivity index is 2.34. The number of thiazole rings is 1. The fourth-order valence-electron chi connectivity index (χ4n) is 1.25. The van der Waals surface area contributed by atoms with E-state index in [0.29, 0.717) is 10.0 Å². The van der Waals surface area contributed by atoms with Crippen LogP contribution in [0.25, 0.3) is 0 Å². The van der Waals surface area contributed by atoms with Crippen LogP contribution in [0.15, 0.2) is 29.1 Å². The van der Waals surface area contributed by atoms with Gasteiger partial charge in [-0.15, -0.1) is 11.3 Å². The molecular formula is C10H8Cl2N2S. The van der Waals surface area contributed by atoms with Gasteiger partial charge in [-0.05, 0) is 17.7 Å². The van der Waals surface area contributed by atoms with Gasteiger partial charge < -0.3 is 5.73 Å². The molecule has 1 heterocycles. The van der Waals surface area contributed by atoms with Crippen molar-refractivity contribution in [1.82, 2.24) is 4.98 Å². The lowest BCUT2D eigenvalue weighted by Gasteiger charge is -2.09. The second-order valence-electron chi connectivity index (χ2n) is 3.06. The van der Waals surface area contributed by atoms with Gasteiger partial charge in [0.05, 0.1) is 27.3 Å².